The molecule has 2 aliphatic rings. The maximum absolute atomic E-state index is 4.04. The summed E-state index contributed by atoms with van der Waals surface area (Å²) < 4.78 is 0. The molecule has 66 valence electrons. The summed E-state index contributed by atoms with van der Waals surface area (Å²) >= 11 is 0. The van der Waals surface area contributed by atoms with Gasteiger partial charge in [-0.05, 0) is 19.4 Å². The summed E-state index contributed by atoms with van der Waals surface area (Å²) in [4.78, 5) is 4.68. The molecule has 2 heterocycles. The van der Waals surface area contributed by atoms with E-state index >= 15 is 0 Å². The van der Waals surface area contributed by atoms with Crippen molar-refractivity contribution in [3.8, 4) is 0 Å². The first kappa shape index (κ1) is 7.71. The van der Waals surface area contributed by atoms with Crippen molar-refractivity contribution in [2.45, 2.75) is 19.9 Å². The molecule has 0 bridgehead atoms. The molecule has 1 fully saturated rings. The number of piperazine rings is 1. The van der Waals surface area contributed by atoms with Gasteiger partial charge in [0.1, 0.15) is 0 Å². The summed E-state index contributed by atoms with van der Waals surface area (Å²) in [7, 11) is 2.11. The number of hydrogen-bond donors (Lipinski definition) is 0. The molecule has 1 unspecified atom stereocenters. The highest BCUT2D eigenvalue weighted by Crippen LogP contribution is 2.34. The fourth-order valence-corrected chi connectivity index (χ4v) is 1.97. The van der Waals surface area contributed by atoms with E-state index in [1.165, 1.54) is 11.4 Å². The minimum atomic E-state index is 0.644. The van der Waals surface area contributed by atoms with E-state index in [-0.39, 0.29) is 0 Å². The quantitative estimate of drug-likeness (QED) is 0.534. The molecular weight excluding hydrogens is 148 g/mol. The van der Waals surface area contributed by atoms with Gasteiger partial charge in [-0.3, -0.25) is 0 Å². The van der Waals surface area contributed by atoms with Gasteiger partial charge in [-0.2, -0.15) is 0 Å². The van der Waals surface area contributed by atoms with Crippen molar-refractivity contribution in [2.75, 3.05) is 20.1 Å². The Hall–Kier alpha value is -0.920. The summed E-state index contributed by atoms with van der Waals surface area (Å²) in [5.41, 5.74) is 4.30. The van der Waals surface area contributed by atoms with Crippen molar-refractivity contribution in [1.29, 1.82) is 0 Å². The zero-order chi connectivity index (χ0) is 8.88. The number of hydrogen-bond acceptors (Lipinski definition) is 2. The monoisotopic (exact) mass is 164 g/mol. The first-order valence-electron chi connectivity index (χ1n) is 4.46. The van der Waals surface area contributed by atoms with Crippen molar-refractivity contribution in [2.24, 2.45) is 0 Å². The fourth-order valence-electron chi connectivity index (χ4n) is 1.97. The zero-order valence-corrected chi connectivity index (χ0v) is 8.09. The Morgan fingerprint density at radius 2 is 2.08 bits per heavy atom. The van der Waals surface area contributed by atoms with Crippen LogP contribution in [0.1, 0.15) is 13.8 Å². The van der Waals surface area contributed by atoms with E-state index in [0.717, 1.165) is 13.1 Å². The average Bonchev–Trinajstić information content (AvgIpc) is 2.08. The summed E-state index contributed by atoms with van der Waals surface area (Å²) in [5, 5.41) is 0. The maximum Gasteiger partial charge on any atom is 0.0576 e. The van der Waals surface area contributed by atoms with Crippen LogP contribution >= 0.6 is 0 Å². The normalized spacial score (nSPS) is 28.9. The van der Waals surface area contributed by atoms with Crippen molar-refractivity contribution in [3.63, 3.8) is 0 Å². The smallest absolute Gasteiger partial charge is 0.0576 e. The van der Waals surface area contributed by atoms with Gasteiger partial charge in [0.25, 0.3) is 0 Å². The van der Waals surface area contributed by atoms with Gasteiger partial charge in [0, 0.05) is 24.5 Å². The van der Waals surface area contributed by atoms with Crippen LogP contribution in [-0.4, -0.2) is 36.0 Å². The number of rotatable bonds is 0. The van der Waals surface area contributed by atoms with E-state index in [1.54, 1.807) is 5.57 Å². The van der Waals surface area contributed by atoms with Crippen LogP contribution in [0.5, 0.6) is 0 Å². The minimum absolute atomic E-state index is 0.644. The molecule has 0 aliphatic carbocycles. The Kier molecular flexibility index (Phi) is 1.47. The van der Waals surface area contributed by atoms with Gasteiger partial charge in [0.2, 0.25) is 0 Å². The molecule has 2 aliphatic heterocycles. The molecule has 2 heteroatoms. The molecular formula is C10H16N2. The van der Waals surface area contributed by atoms with Gasteiger partial charge in [-0.15, -0.1) is 0 Å². The summed E-state index contributed by atoms with van der Waals surface area (Å²) in [6.07, 6.45) is 0. The number of nitrogens with zero attached hydrogens (tertiary/aromatic N) is 2. The molecule has 2 nitrogen and oxygen atoms in total. The van der Waals surface area contributed by atoms with E-state index in [2.05, 4.69) is 37.3 Å². The van der Waals surface area contributed by atoms with Crippen LogP contribution in [0.25, 0.3) is 0 Å². The third-order valence-corrected chi connectivity index (χ3v) is 3.18. The molecule has 0 amide bonds. The van der Waals surface area contributed by atoms with E-state index in [0.29, 0.717) is 6.04 Å². The van der Waals surface area contributed by atoms with Gasteiger partial charge in [-0.1, -0.05) is 6.58 Å². The SMILES string of the molecule is C=C1CN2C(=C(C)C2C)CN1C. The van der Waals surface area contributed by atoms with Gasteiger partial charge in [0.15, 0.2) is 0 Å². The van der Waals surface area contributed by atoms with Crippen molar-refractivity contribution in [1.82, 2.24) is 9.80 Å². The Bertz CT molecular complexity index is 265. The molecule has 0 aromatic rings. The van der Waals surface area contributed by atoms with Crippen molar-refractivity contribution >= 4 is 0 Å². The van der Waals surface area contributed by atoms with Crippen LogP contribution in [0.2, 0.25) is 0 Å². The standard InChI is InChI=1S/C10H16N2/c1-7-5-12-9(3)8(2)10(12)6-11(7)4/h9H,1,5-6H2,2-4H3. The highest BCUT2D eigenvalue weighted by Gasteiger charge is 2.35. The second-order valence-electron chi connectivity index (χ2n) is 3.86. The van der Waals surface area contributed by atoms with Gasteiger partial charge in [0.05, 0.1) is 13.1 Å². The molecule has 2 rings (SSSR count). The third-order valence-electron chi connectivity index (χ3n) is 3.18. The predicted octanol–water partition coefficient (Wildman–Crippen LogP) is 1.42. The molecule has 0 spiro atoms. The molecule has 0 N–H and O–H groups in total. The van der Waals surface area contributed by atoms with Crippen LogP contribution in [0.15, 0.2) is 23.5 Å². The van der Waals surface area contributed by atoms with Crippen molar-refractivity contribution in [3.05, 3.63) is 23.5 Å². The van der Waals surface area contributed by atoms with Gasteiger partial charge >= 0.3 is 0 Å². The molecule has 0 radical (unpaired) electrons. The van der Waals surface area contributed by atoms with Crippen LogP contribution < -0.4 is 0 Å². The summed E-state index contributed by atoms with van der Waals surface area (Å²) in [5.74, 6) is 0. The molecule has 0 aromatic carbocycles. The molecule has 0 aromatic heterocycles. The third kappa shape index (κ3) is 0.808. The van der Waals surface area contributed by atoms with E-state index in [9.17, 15) is 0 Å². The largest absolute Gasteiger partial charge is 0.371 e. The predicted molar refractivity (Wildman–Crippen MR) is 50.6 cm³/mol. The second kappa shape index (κ2) is 2.28. The molecule has 12 heavy (non-hydrogen) atoms. The number of likely N-dealkylation sites (N-methyl/N-ethyl adjacent to an activating group) is 1. The first-order chi connectivity index (χ1) is 5.61. The van der Waals surface area contributed by atoms with E-state index in [4.69, 9.17) is 0 Å². The highest BCUT2D eigenvalue weighted by molar-refractivity contribution is 5.33. The van der Waals surface area contributed by atoms with Gasteiger partial charge < -0.3 is 9.80 Å². The van der Waals surface area contributed by atoms with Crippen LogP contribution in [0.4, 0.5) is 0 Å². The lowest BCUT2D eigenvalue weighted by Crippen LogP contribution is -2.52. The Labute approximate surface area is 74.2 Å². The number of fused-ring (bicyclic) bond motifs is 1. The van der Waals surface area contributed by atoms with E-state index in [1.807, 2.05) is 0 Å². The van der Waals surface area contributed by atoms with Gasteiger partial charge in [-0.25, -0.2) is 0 Å². The minimum Gasteiger partial charge on any atom is -0.371 e. The lowest BCUT2D eigenvalue weighted by atomic mass is 9.93. The highest BCUT2D eigenvalue weighted by atomic mass is 15.3. The second-order valence-corrected chi connectivity index (χ2v) is 3.86. The zero-order valence-electron chi connectivity index (χ0n) is 8.09. The first-order valence-corrected chi connectivity index (χ1v) is 4.46. The topological polar surface area (TPSA) is 6.48 Å². The van der Waals surface area contributed by atoms with Crippen LogP contribution in [0, 0.1) is 0 Å². The van der Waals surface area contributed by atoms with Crippen molar-refractivity contribution < 1.29 is 0 Å². The average molecular weight is 164 g/mol. The summed E-state index contributed by atoms with van der Waals surface area (Å²) in [6.45, 7) is 10.6. The lowest BCUT2D eigenvalue weighted by molar-refractivity contribution is 0.177. The molecule has 0 saturated carbocycles. The van der Waals surface area contributed by atoms with Crippen LogP contribution in [-0.2, 0) is 0 Å². The van der Waals surface area contributed by atoms with Crippen LogP contribution in [0.3, 0.4) is 0 Å². The lowest BCUT2D eigenvalue weighted by Gasteiger charge is -2.50. The summed E-state index contributed by atoms with van der Waals surface area (Å²) in [6, 6.07) is 0.644. The Balaban J connectivity index is 2.23. The fraction of sp³-hybridized carbons (Fsp3) is 0.600. The molecule has 1 saturated heterocycles. The maximum atomic E-state index is 4.04. The Morgan fingerprint density at radius 1 is 1.42 bits per heavy atom. The van der Waals surface area contributed by atoms with E-state index < -0.39 is 0 Å². The molecule has 1 atom stereocenters. The Morgan fingerprint density at radius 3 is 2.75 bits per heavy atom.